The Kier molecular flexibility index (Phi) is 3.34. The van der Waals surface area contributed by atoms with Crippen molar-refractivity contribution in [2.24, 2.45) is 0 Å². The fourth-order valence-electron chi connectivity index (χ4n) is 1.49. The van der Waals surface area contributed by atoms with Crippen molar-refractivity contribution in [2.45, 2.75) is 37.8 Å². The fourth-order valence-corrected chi connectivity index (χ4v) is 1.49. The van der Waals surface area contributed by atoms with Crippen molar-refractivity contribution in [2.75, 3.05) is 7.11 Å². The predicted octanol–water partition coefficient (Wildman–Crippen LogP) is 0.646. The average molecular weight is 173 g/mol. The number of nitrogens with one attached hydrogen (secondary N) is 1. The quantitative estimate of drug-likeness (QED) is 0.612. The van der Waals surface area contributed by atoms with Gasteiger partial charge in [0.1, 0.15) is 0 Å². The minimum absolute atomic E-state index is 0.119. The third-order valence-electron chi connectivity index (χ3n) is 2.22. The minimum atomic E-state index is -0.457. The molecule has 1 saturated carbocycles. The van der Waals surface area contributed by atoms with E-state index in [1.165, 1.54) is 7.11 Å². The van der Waals surface area contributed by atoms with E-state index in [9.17, 15) is 9.90 Å². The number of hydrogen-bond acceptors (Lipinski definition) is 3. The molecule has 0 unspecified atom stereocenters. The summed E-state index contributed by atoms with van der Waals surface area (Å²) in [6.07, 6.45) is 2.86. The Bertz CT molecular complexity index is 160. The van der Waals surface area contributed by atoms with Crippen LogP contribution in [0.4, 0.5) is 4.79 Å². The molecule has 0 aromatic heterocycles. The highest BCUT2D eigenvalue weighted by molar-refractivity contribution is 5.67. The van der Waals surface area contributed by atoms with E-state index in [2.05, 4.69) is 10.1 Å². The highest BCUT2D eigenvalue weighted by Gasteiger charge is 2.24. The molecule has 1 fully saturated rings. The van der Waals surface area contributed by atoms with Crippen molar-refractivity contribution < 1.29 is 14.6 Å². The largest absolute Gasteiger partial charge is 0.453 e. The maximum Gasteiger partial charge on any atom is 0.407 e. The SMILES string of the molecule is COC(=O)N[C@@H]1CCCC[C@H]1O. The van der Waals surface area contributed by atoms with Crippen LogP contribution in [0.1, 0.15) is 25.7 Å². The normalized spacial score (nSPS) is 29.5. The van der Waals surface area contributed by atoms with Crippen LogP contribution in [0.15, 0.2) is 0 Å². The van der Waals surface area contributed by atoms with Crippen LogP contribution in [0, 0.1) is 0 Å². The van der Waals surface area contributed by atoms with Crippen LogP contribution < -0.4 is 5.32 Å². The molecule has 2 atom stereocenters. The number of aliphatic hydroxyl groups excluding tert-OH is 1. The highest BCUT2D eigenvalue weighted by atomic mass is 16.5. The number of aliphatic hydroxyl groups is 1. The zero-order chi connectivity index (χ0) is 8.97. The van der Waals surface area contributed by atoms with Crippen LogP contribution in [0.3, 0.4) is 0 Å². The number of amides is 1. The lowest BCUT2D eigenvalue weighted by Crippen LogP contribution is -2.44. The molecule has 12 heavy (non-hydrogen) atoms. The van der Waals surface area contributed by atoms with Crippen LogP contribution in [0.2, 0.25) is 0 Å². The van der Waals surface area contributed by atoms with E-state index in [1.54, 1.807) is 0 Å². The second kappa shape index (κ2) is 4.30. The van der Waals surface area contributed by atoms with E-state index < -0.39 is 12.2 Å². The monoisotopic (exact) mass is 173 g/mol. The molecule has 0 radical (unpaired) electrons. The molecule has 0 heterocycles. The zero-order valence-electron chi connectivity index (χ0n) is 7.25. The lowest BCUT2D eigenvalue weighted by atomic mass is 9.93. The summed E-state index contributed by atoms with van der Waals surface area (Å²) in [5.41, 5.74) is 0. The second-order valence-electron chi connectivity index (χ2n) is 3.09. The lowest BCUT2D eigenvalue weighted by molar-refractivity contribution is 0.0846. The molecular weight excluding hydrogens is 158 g/mol. The van der Waals surface area contributed by atoms with E-state index in [1.807, 2.05) is 0 Å². The van der Waals surface area contributed by atoms with Crippen LogP contribution >= 0.6 is 0 Å². The second-order valence-corrected chi connectivity index (χ2v) is 3.09. The number of ether oxygens (including phenoxy) is 1. The van der Waals surface area contributed by atoms with Crippen molar-refractivity contribution in [1.82, 2.24) is 5.32 Å². The summed E-state index contributed by atoms with van der Waals surface area (Å²) in [5.74, 6) is 0. The molecule has 0 aromatic carbocycles. The first-order chi connectivity index (χ1) is 5.74. The number of methoxy groups -OCH3 is 1. The van der Waals surface area contributed by atoms with Crippen molar-refractivity contribution in [3.05, 3.63) is 0 Å². The van der Waals surface area contributed by atoms with Gasteiger partial charge in [-0.1, -0.05) is 12.8 Å². The van der Waals surface area contributed by atoms with Gasteiger partial charge in [0.15, 0.2) is 0 Å². The summed E-state index contributed by atoms with van der Waals surface area (Å²) in [5, 5.41) is 12.1. The molecule has 4 heteroatoms. The third-order valence-corrected chi connectivity index (χ3v) is 2.22. The van der Waals surface area contributed by atoms with Gasteiger partial charge in [-0.2, -0.15) is 0 Å². The van der Waals surface area contributed by atoms with Gasteiger partial charge in [0.2, 0.25) is 0 Å². The average Bonchev–Trinajstić information content (AvgIpc) is 2.09. The molecule has 0 saturated heterocycles. The van der Waals surface area contributed by atoms with Crippen molar-refractivity contribution in [1.29, 1.82) is 0 Å². The zero-order valence-corrected chi connectivity index (χ0v) is 7.25. The van der Waals surface area contributed by atoms with Gasteiger partial charge in [-0.15, -0.1) is 0 Å². The molecule has 2 N–H and O–H groups in total. The van der Waals surface area contributed by atoms with Gasteiger partial charge in [0, 0.05) is 0 Å². The molecule has 0 spiro atoms. The molecule has 1 rings (SSSR count). The smallest absolute Gasteiger partial charge is 0.407 e. The minimum Gasteiger partial charge on any atom is -0.453 e. The predicted molar refractivity (Wildman–Crippen MR) is 43.8 cm³/mol. The number of hydrogen-bond donors (Lipinski definition) is 2. The van der Waals surface area contributed by atoms with Gasteiger partial charge in [0.25, 0.3) is 0 Å². The first-order valence-electron chi connectivity index (χ1n) is 4.26. The molecular formula is C8H15NO3. The van der Waals surface area contributed by atoms with E-state index in [0.29, 0.717) is 0 Å². The third kappa shape index (κ3) is 2.37. The number of alkyl carbamates (subject to hydrolysis) is 1. The number of rotatable bonds is 1. The van der Waals surface area contributed by atoms with Crippen LogP contribution in [-0.4, -0.2) is 30.5 Å². The van der Waals surface area contributed by atoms with E-state index >= 15 is 0 Å². The van der Waals surface area contributed by atoms with Crippen molar-refractivity contribution in [3.8, 4) is 0 Å². The van der Waals surface area contributed by atoms with Crippen molar-refractivity contribution in [3.63, 3.8) is 0 Å². The molecule has 1 amide bonds. The van der Waals surface area contributed by atoms with Crippen LogP contribution in [-0.2, 0) is 4.74 Å². The van der Waals surface area contributed by atoms with Gasteiger partial charge < -0.3 is 15.2 Å². The van der Waals surface area contributed by atoms with Crippen LogP contribution in [0.25, 0.3) is 0 Å². The lowest BCUT2D eigenvalue weighted by Gasteiger charge is -2.27. The summed E-state index contributed by atoms with van der Waals surface area (Å²) in [4.78, 5) is 10.8. The summed E-state index contributed by atoms with van der Waals surface area (Å²) >= 11 is 0. The molecule has 1 aliphatic rings. The summed E-state index contributed by atoms with van der Waals surface area (Å²) in [7, 11) is 1.32. The molecule has 4 nitrogen and oxygen atoms in total. The Labute approximate surface area is 71.9 Å². The Morgan fingerprint density at radius 2 is 2.17 bits per heavy atom. The first kappa shape index (κ1) is 9.32. The Hall–Kier alpha value is -0.770. The molecule has 0 aliphatic heterocycles. The molecule has 0 bridgehead atoms. The fraction of sp³-hybridized carbons (Fsp3) is 0.875. The van der Waals surface area contributed by atoms with Gasteiger partial charge in [0.05, 0.1) is 19.3 Å². The Morgan fingerprint density at radius 3 is 2.75 bits per heavy atom. The maximum atomic E-state index is 10.8. The highest BCUT2D eigenvalue weighted by Crippen LogP contribution is 2.18. The summed E-state index contributed by atoms with van der Waals surface area (Å²) in [6, 6.07) is -0.119. The Morgan fingerprint density at radius 1 is 1.50 bits per heavy atom. The summed E-state index contributed by atoms with van der Waals surface area (Å²) < 4.78 is 4.44. The van der Waals surface area contributed by atoms with Gasteiger partial charge in [-0.25, -0.2) is 4.79 Å². The number of carbonyl (C=O) groups is 1. The Balaban J connectivity index is 2.33. The van der Waals surface area contributed by atoms with Gasteiger partial charge in [-0.05, 0) is 12.8 Å². The van der Waals surface area contributed by atoms with Crippen LogP contribution in [0.5, 0.6) is 0 Å². The topological polar surface area (TPSA) is 58.6 Å². The number of carbonyl (C=O) groups excluding carboxylic acids is 1. The van der Waals surface area contributed by atoms with Gasteiger partial charge >= 0.3 is 6.09 Å². The van der Waals surface area contributed by atoms with E-state index in [0.717, 1.165) is 25.7 Å². The molecule has 1 aliphatic carbocycles. The van der Waals surface area contributed by atoms with Crippen molar-refractivity contribution >= 4 is 6.09 Å². The molecule has 70 valence electrons. The first-order valence-corrected chi connectivity index (χ1v) is 4.26. The molecule has 0 aromatic rings. The standard InChI is InChI=1S/C8H15NO3/c1-12-8(11)9-6-4-2-3-5-7(6)10/h6-7,10H,2-5H2,1H3,(H,9,11)/t6-,7-/m1/s1. The maximum absolute atomic E-state index is 10.8. The van der Waals surface area contributed by atoms with E-state index in [4.69, 9.17) is 0 Å². The van der Waals surface area contributed by atoms with Gasteiger partial charge in [-0.3, -0.25) is 0 Å². The summed E-state index contributed by atoms with van der Waals surface area (Å²) in [6.45, 7) is 0. The van der Waals surface area contributed by atoms with E-state index in [-0.39, 0.29) is 6.04 Å².